The maximum atomic E-state index is 13.4. The Morgan fingerprint density at radius 3 is 2.17 bits per heavy atom. The number of ether oxygens (including phenoxy) is 2. The van der Waals surface area contributed by atoms with Gasteiger partial charge in [0.25, 0.3) is 0 Å². The highest BCUT2D eigenvalue weighted by atomic mass is 16.5. The van der Waals surface area contributed by atoms with Gasteiger partial charge in [-0.2, -0.15) is 0 Å². The van der Waals surface area contributed by atoms with E-state index in [2.05, 4.69) is 5.32 Å². The number of para-hydroxylation sites is 1. The van der Waals surface area contributed by atoms with Gasteiger partial charge in [0.2, 0.25) is 0 Å². The van der Waals surface area contributed by atoms with Gasteiger partial charge in [0.05, 0.1) is 35.7 Å². The number of benzene rings is 2. The van der Waals surface area contributed by atoms with Crippen LogP contribution in [-0.2, 0) is 19.1 Å². The Morgan fingerprint density at radius 2 is 1.56 bits per heavy atom. The summed E-state index contributed by atoms with van der Waals surface area (Å²) in [5.41, 5.74) is 3.43. The average molecular weight is 488 g/mol. The first kappa shape index (κ1) is 25.0. The molecule has 3 aromatic rings. The zero-order valence-corrected chi connectivity index (χ0v) is 21.2. The van der Waals surface area contributed by atoms with Gasteiger partial charge in [-0.05, 0) is 40.7 Å². The number of nitrogens with one attached hydrogen (secondary N) is 1. The van der Waals surface area contributed by atoms with Gasteiger partial charge in [-0.25, -0.2) is 9.59 Å². The van der Waals surface area contributed by atoms with E-state index in [-0.39, 0.29) is 22.7 Å². The molecule has 0 fully saturated rings. The molecule has 1 unspecified atom stereocenters. The van der Waals surface area contributed by atoms with Crippen molar-refractivity contribution < 1.29 is 23.5 Å². The zero-order valence-electron chi connectivity index (χ0n) is 21.2. The Hall–Kier alpha value is -4.13. The van der Waals surface area contributed by atoms with Crippen molar-refractivity contribution in [3.05, 3.63) is 92.4 Å². The van der Waals surface area contributed by atoms with Crippen molar-refractivity contribution in [2.24, 2.45) is 0 Å². The molecule has 1 atom stereocenters. The molecular formula is C29H29NO6. The fourth-order valence-corrected chi connectivity index (χ4v) is 4.66. The monoisotopic (exact) mass is 487 g/mol. The topological polar surface area (TPSA) is 94.8 Å². The van der Waals surface area contributed by atoms with Crippen LogP contribution in [0.3, 0.4) is 0 Å². The lowest BCUT2D eigenvalue weighted by Gasteiger charge is -2.31. The van der Waals surface area contributed by atoms with E-state index in [9.17, 15) is 14.4 Å². The first-order valence-electron chi connectivity index (χ1n) is 11.7. The number of esters is 2. The molecule has 0 aliphatic carbocycles. The van der Waals surface area contributed by atoms with Gasteiger partial charge in [0.1, 0.15) is 11.3 Å². The van der Waals surface area contributed by atoms with Gasteiger partial charge in [-0.1, -0.05) is 42.5 Å². The van der Waals surface area contributed by atoms with Crippen molar-refractivity contribution in [1.29, 1.82) is 0 Å². The number of carbonyl (C=O) groups excluding carboxylic acids is 2. The summed E-state index contributed by atoms with van der Waals surface area (Å²) in [4.78, 5) is 39.8. The van der Waals surface area contributed by atoms with Gasteiger partial charge >= 0.3 is 11.9 Å². The number of hydrogen-bond donors (Lipinski definition) is 1. The van der Waals surface area contributed by atoms with E-state index < -0.39 is 17.9 Å². The Bertz CT molecular complexity index is 1480. The van der Waals surface area contributed by atoms with Crippen LogP contribution in [0.2, 0.25) is 0 Å². The molecular weight excluding hydrogens is 458 g/mol. The van der Waals surface area contributed by atoms with Crippen molar-refractivity contribution >= 4 is 22.9 Å². The third-order valence-electron chi connectivity index (χ3n) is 6.25. The summed E-state index contributed by atoms with van der Waals surface area (Å²) < 4.78 is 17.1. The summed E-state index contributed by atoms with van der Waals surface area (Å²) in [6, 6.07) is 14.5. The Balaban J connectivity index is 2.07. The standard InChI is InChI=1S/C29H29NO6/c1-15(2)35-29(33)23-18(5)30-17(4)22(28(32)34-6)24(23)20-13-10-14-21-25(31)16(3)26(36-27(20)21)19-11-8-7-9-12-19/h7-15,24,30H,1-6H3. The quantitative estimate of drug-likeness (QED) is 0.499. The summed E-state index contributed by atoms with van der Waals surface area (Å²) in [7, 11) is 1.29. The van der Waals surface area contributed by atoms with Crippen LogP contribution >= 0.6 is 0 Å². The minimum absolute atomic E-state index is 0.182. The molecule has 1 aliphatic heterocycles. The zero-order chi connectivity index (χ0) is 26.1. The van der Waals surface area contributed by atoms with E-state index in [1.54, 1.807) is 52.8 Å². The molecule has 0 spiro atoms. The molecule has 0 amide bonds. The highest BCUT2D eigenvalue weighted by molar-refractivity contribution is 6.01. The van der Waals surface area contributed by atoms with Gasteiger partial charge in [0, 0.05) is 28.1 Å². The average Bonchev–Trinajstić information content (AvgIpc) is 2.85. The number of rotatable bonds is 5. The number of dihydropyridines is 1. The van der Waals surface area contributed by atoms with Crippen molar-refractivity contribution in [2.75, 3.05) is 7.11 Å². The largest absolute Gasteiger partial charge is 0.466 e. The summed E-state index contributed by atoms with van der Waals surface area (Å²) in [5, 5.41) is 3.48. The maximum Gasteiger partial charge on any atom is 0.337 e. The molecule has 2 heterocycles. The molecule has 0 saturated heterocycles. The number of methoxy groups -OCH3 is 1. The van der Waals surface area contributed by atoms with Gasteiger partial charge in [-0.15, -0.1) is 0 Å². The van der Waals surface area contributed by atoms with E-state index >= 15 is 0 Å². The Kier molecular flexibility index (Phi) is 6.84. The van der Waals surface area contributed by atoms with Gasteiger partial charge in [-0.3, -0.25) is 4.79 Å². The molecule has 1 N–H and O–H groups in total. The number of hydrogen-bond acceptors (Lipinski definition) is 7. The second-order valence-electron chi connectivity index (χ2n) is 9.06. The minimum atomic E-state index is -0.872. The third-order valence-corrected chi connectivity index (χ3v) is 6.25. The van der Waals surface area contributed by atoms with Crippen molar-refractivity contribution in [2.45, 2.75) is 46.6 Å². The normalized spacial score (nSPS) is 15.8. The molecule has 0 saturated carbocycles. The van der Waals surface area contributed by atoms with Gasteiger partial charge in [0.15, 0.2) is 5.43 Å². The minimum Gasteiger partial charge on any atom is -0.466 e. The van der Waals surface area contributed by atoms with Crippen LogP contribution in [0.25, 0.3) is 22.3 Å². The van der Waals surface area contributed by atoms with Crippen molar-refractivity contribution in [1.82, 2.24) is 5.32 Å². The first-order valence-corrected chi connectivity index (χ1v) is 11.7. The Labute approximate surface area is 209 Å². The summed E-state index contributed by atoms with van der Waals surface area (Å²) in [6.07, 6.45) is -0.371. The summed E-state index contributed by atoms with van der Waals surface area (Å²) in [5.74, 6) is -1.60. The van der Waals surface area contributed by atoms with Crippen LogP contribution in [0, 0.1) is 6.92 Å². The van der Waals surface area contributed by atoms with Crippen molar-refractivity contribution in [3.63, 3.8) is 0 Å². The number of carbonyl (C=O) groups is 2. The van der Waals surface area contributed by atoms with E-state index in [0.717, 1.165) is 5.56 Å². The predicted octanol–water partition coefficient (Wildman–Crippen LogP) is 5.13. The lowest BCUT2D eigenvalue weighted by molar-refractivity contribution is -0.143. The molecule has 1 aromatic heterocycles. The van der Waals surface area contributed by atoms with Crippen LogP contribution in [-0.4, -0.2) is 25.2 Å². The maximum absolute atomic E-state index is 13.4. The van der Waals surface area contributed by atoms with Crippen LogP contribution < -0.4 is 10.7 Å². The summed E-state index contributed by atoms with van der Waals surface area (Å²) in [6.45, 7) is 8.74. The van der Waals surface area contributed by atoms with E-state index in [1.807, 2.05) is 30.3 Å². The van der Waals surface area contributed by atoms with Crippen LogP contribution in [0.15, 0.2) is 80.3 Å². The SMILES string of the molecule is COC(=O)C1=C(C)NC(C)=C(C(=O)OC(C)C)C1c1cccc2c(=O)c(C)c(-c3ccccc3)oc12. The van der Waals surface area contributed by atoms with Crippen LogP contribution in [0.1, 0.15) is 44.7 Å². The highest BCUT2D eigenvalue weighted by Gasteiger charge is 2.39. The van der Waals surface area contributed by atoms with Crippen molar-refractivity contribution in [3.8, 4) is 11.3 Å². The molecule has 0 radical (unpaired) electrons. The third kappa shape index (κ3) is 4.33. The lowest BCUT2D eigenvalue weighted by Crippen LogP contribution is -2.33. The molecule has 1 aliphatic rings. The highest BCUT2D eigenvalue weighted by Crippen LogP contribution is 2.42. The molecule has 4 rings (SSSR count). The Morgan fingerprint density at radius 1 is 0.917 bits per heavy atom. The fraction of sp³-hybridized carbons (Fsp3) is 0.276. The predicted molar refractivity (Wildman–Crippen MR) is 137 cm³/mol. The second-order valence-corrected chi connectivity index (χ2v) is 9.06. The molecule has 7 heteroatoms. The smallest absolute Gasteiger partial charge is 0.337 e. The lowest BCUT2D eigenvalue weighted by atomic mass is 9.79. The van der Waals surface area contributed by atoms with Crippen LogP contribution in [0.4, 0.5) is 0 Å². The van der Waals surface area contributed by atoms with E-state index in [0.29, 0.717) is 39.3 Å². The first-order chi connectivity index (χ1) is 17.1. The molecule has 0 bridgehead atoms. The van der Waals surface area contributed by atoms with E-state index in [4.69, 9.17) is 13.9 Å². The molecule has 36 heavy (non-hydrogen) atoms. The molecule has 2 aromatic carbocycles. The molecule has 186 valence electrons. The van der Waals surface area contributed by atoms with E-state index in [1.165, 1.54) is 7.11 Å². The van der Waals surface area contributed by atoms with Gasteiger partial charge < -0.3 is 19.2 Å². The number of allylic oxidation sites excluding steroid dienone is 2. The fourth-order valence-electron chi connectivity index (χ4n) is 4.66. The summed E-state index contributed by atoms with van der Waals surface area (Å²) >= 11 is 0. The molecule has 7 nitrogen and oxygen atoms in total. The van der Waals surface area contributed by atoms with Crippen LogP contribution in [0.5, 0.6) is 0 Å². The second kappa shape index (κ2) is 9.85. The number of fused-ring (bicyclic) bond motifs is 1.